The molecular weight excluding hydrogens is 138 g/mol. The van der Waals surface area contributed by atoms with Gasteiger partial charge in [0.05, 0.1) is 6.61 Å². The summed E-state index contributed by atoms with van der Waals surface area (Å²) in [4.78, 5) is 10.7. The molecular formula is C5H9NO2S. The van der Waals surface area contributed by atoms with Gasteiger partial charge in [-0.25, -0.2) is 0 Å². The number of ether oxygens (including phenoxy) is 1. The molecule has 1 unspecified atom stereocenters. The summed E-state index contributed by atoms with van der Waals surface area (Å²) >= 11 is 1.29. The highest BCUT2D eigenvalue weighted by atomic mass is 32.2. The van der Waals surface area contributed by atoms with Crippen LogP contribution in [-0.4, -0.2) is 23.8 Å². The van der Waals surface area contributed by atoms with Crippen molar-refractivity contribution in [3.8, 4) is 0 Å². The molecule has 0 spiro atoms. The van der Waals surface area contributed by atoms with Gasteiger partial charge in [0.25, 0.3) is 5.24 Å². The van der Waals surface area contributed by atoms with E-state index in [1.165, 1.54) is 11.8 Å². The third-order valence-electron chi connectivity index (χ3n) is 0.979. The van der Waals surface area contributed by atoms with Crippen LogP contribution >= 0.6 is 11.8 Å². The monoisotopic (exact) mass is 147 g/mol. The molecule has 0 saturated carbocycles. The molecule has 4 heteroatoms. The molecule has 1 fully saturated rings. The lowest BCUT2D eigenvalue weighted by Crippen LogP contribution is -2.18. The average Bonchev–Trinajstić information content (AvgIpc) is 1.93. The molecule has 1 amide bonds. The molecule has 0 aromatic carbocycles. The van der Waals surface area contributed by atoms with Crippen LogP contribution < -0.4 is 5.32 Å². The molecule has 1 aliphatic heterocycles. The number of thioether (sulfide) groups is 1. The van der Waals surface area contributed by atoms with Gasteiger partial charge < -0.3 is 10.1 Å². The van der Waals surface area contributed by atoms with Gasteiger partial charge in [0.2, 0.25) is 0 Å². The second-order valence-electron chi connectivity index (χ2n) is 1.91. The summed E-state index contributed by atoms with van der Waals surface area (Å²) in [5.74, 6) is 0. The van der Waals surface area contributed by atoms with Crippen molar-refractivity contribution in [1.29, 1.82) is 0 Å². The Kier molecular flexibility index (Phi) is 2.36. The predicted molar refractivity (Wildman–Crippen MR) is 36.4 cm³/mol. The van der Waals surface area contributed by atoms with Crippen LogP contribution in [0.5, 0.6) is 0 Å². The molecule has 0 aliphatic carbocycles. The van der Waals surface area contributed by atoms with E-state index in [9.17, 15) is 4.79 Å². The van der Waals surface area contributed by atoms with Crippen LogP contribution in [0.25, 0.3) is 0 Å². The van der Waals surface area contributed by atoms with Gasteiger partial charge in [-0.1, -0.05) is 18.7 Å². The maximum absolute atomic E-state index is 10.7. The van der Waals surface area contributed by atoms with Crippen molar-refractivity contribution in [2.24, 2.45) is 0 Å². The van der Waals surface area contributed by atoms with E-state index in [0.29, 0.717) is 13.3 Å². The zero-order valence-electron chi connectivity index (χ0n) is 5.22. The van der Waals surface area contributed by atoms with Crippen LogP contribution in [0, 0.1) is 0 Å². The zero-order chi connectivity index (χ0) is 6.69. The Bertz CT molecular complexity index is 118. The summed E-state index contributed by atoms with van der Waals surface area (Å²) in [7, 11) is 0. The van der Waals surface area contributed by atoms with E-state index in [1.807, 2.05) is 6.92 Å². The van der Waals surface area contributed by atoms with E-state index in [4.69, 9.17) is 4.74 Å². The fourth-order valence-corrected chi connectivity index (χ4v) is 1.27. The van der Waals surface area contributed by atoms with Crippen LogP contribution in [0.4, 0.5) is 4.79 Å². The van der Waals surface area contributed by atoms with Crippen molar-refractivity contribution in [2.45, 2.75) is 12.2 Å². The summed E-state index contributed by atoms with van der Waals surface area (Å²) in [6.45, 7) is 2.98. The zero-order valence-corrected chi connectivity index (χ0v) is 6.03. The van der Waals surface area contributed by atoms with Gasteiger partial charge in [-0.3, -0.25) is 4.79 Å². The number of rotatable bonds is 0. The van der Waals surface area contributed by atoms with E-state index in [2.05, 4.69) is 5.32 Å². The lowest BCUT2D eigenvalue weighted by atomic mass is 10.5. The molecule has 1 rings (SSSR count). The Balaban J connectivity index is 2.37. The summed E-state index contributed by atoms with van der Waals surface area (Å²) < 4.78 is 5.02. The largest absolute Gasteiger partial charge is 0.360 e. The van der Waals surface area contributed by atoms with Gasteiger partial charge in [0, 0.05) is 5.25 Å². The number of hydrogen-bond donors (Lipinski definition) is 1. The topological polar surface area (TPSA) is 38.3 Å². The van der Waals surface area contributed by atoms with Crippen molar-refractivity contribution in [3.63, 3.8) is 0 Å². The summed E-state index contributed by atoms with van der Waals surface area (Å²) in [5.41, 5.74) is 0. The van der Waals surface area contributed by atoms with E-state index in [0.717, 1.165) is 0 Å². The maximum Gasteiger partial charge on any atom is 0.281 e. The Morgan fingerprint density at radius 1 is 1.89 bits per heavy atom. The van der Waals surface area contributed by atoms with Crippen molar-refractivity contribution < 1.29 is 9.53 Å². The molecule has 9 heavy (non-hydrogen) atoms. The van der Waals surface area contributed by atoms with Crippen LogP contribution in [0.1, 0.15) is 6.92 Å². The minimum Gasteiger partial charge on any atom is -0.360 e. The van der Waals surface area contributed by atoms with E-state index in [-0.39, 0.29) is 10.5 Å². The number of carbonyl (C=O) groups is 1. The predicted octanol–water partition coefficient (Wildman–Crippen LogP) is 0.805. The molecule has 0 radical (unpaired) electrons. The van der Waals surface area contributed by atoms with Crippen LogP contribution in [0.15, 0.2) is 0 Å². The third-order valence-corrected chi connectivity index (χ3v) is 1.88. The first-order valence-corrected chi connectivity index (χ1v) is 3.69. The molecule has 0 aromatic rings. The van der Waals surface area contributed by atoms with Crippen molar-refractivity contribution in [1.82, 2.24) is 5.32 Å². The second-order valence-corrected chi connectivity index (χ2v) is 3.32. The minimum absolute atomic E-state index is 0.0139. The Labute approximate surface area is 58.1 Å². The highest BCUT2D eigenvalue weighted by molar-refractivity contribution is 8.14. The Morgan fingerprint density at radius 2 is 2.67 bits per heavy atom. The lowest BCUT2D eigenvalue weighted by Gasteiger charge is -2.00. The first kappa shape index (κ1) is 6.89. The molecule has 3 nitrogen and oxygen atoms in total. The number of hydrogen-bond acceptors (Lipinski definition) is 3. The molecule has 1 saturated heterocycles. The van der Waals surface area contributed by atoms with E-state index in [1.54, 1.807) is 0 Å². The SMILES string of the molecule is CC1COCNC(=O)S1. The lowest BCUT2D eigenvalue weighted by molar-refractivity contribution is 0.131. The summed E-state index contributed by atoms with van der Waals surface area (Å²) in [6, 6.07) is 0. The number of amides is 1. The number of carbonyl (C=O) groups excluding carboxylic acids is 1. The van der Waals surface area contributed by atoms with Crippen molar-refractivity contribution in [2.75, 3.05) is 13.3 Å². The third kappa shape index (κ3) is 2.24. The average molecular weight is 147 g/mol. The quantitative estimate of drug-likeness (QED) is 0.551. The first-order chi connectivity index (χ1) is 4.29. The first-order valence-electron chi connectivity index (χ1n) is 2.81. The van der Waals surface area contributed by atoms with Crippen molar-refractivity contribution in [3.05, 3.63) is 0 Å². The van der Waals surface area contributed by atoms with Crippen molar-refractivity contribution >= 4 is 17.0 Å². The Morgan fingerprint density at radius 3 is 3.44 bits per heavy atom. The summed E-state index contributed by atoms with van der Waals surface area (Å²) in [5, 5.41) is 2.88. The molecule has 1 atom stereocenters. The van der Waals surface area contributed by atoms with Gasteiger partial charge in [-0.05, 0) is 0 Å². The van der Waals surface area contributed by atoms with E-state index < -0.39 is 0 Å². The van der Waals surface area contributed by atoms with Gasteiger partial charge >= 0.3 is 0 Å². The normalized spacial score (nSPS) is 29.0. The van der Waals surface area contributed by atoms with Gasteiger partial charge in [0.1, 0.15) is 6.73 Å². The standard InChI is InChI=1S/C5H9NO2S/c1-4-2-8-3-6-5(7)9-4/h4H,2-3H2,1H3,(H,6,7). The molecule has 1 aliphatic rings. The fourth-order valence-electron chi connectivity index (χ4n) is 0.593. The molecule has 1 N–H and O–H groups in total. The molecule has 1 heterocycles. The Hall–Kier alpha value is -0.220. The smallest absolute Gasteiger partial charge is 0.281 e. The maximum atomic E-state index is 10.7. The van der Waals surface area contributed by atoms with Crippen LogP contribution in [0.2, 0.25) is 0 Å². The highest BCUT2D eigenvalue weighted by Crippen LogP contribution is 2.13. The second kappa shape index (κ2) is 3.08. The van der Waals surface area contributed by atoms with Gasteiger partial charge in [-0.15, -0.1) is 0 Å². The molecule has 0 aromatic heterocycles. The highest BCUT2D eigenvalue weighted by Gasteiger charge is 2.12. The van der Waals surface area contributed by atoms with Crippen LogP contribution in [0.3, 0.4) is 0 Å². The molecule has 52 valence electrons. The van der Waals surface area contributed by atoms with E-state index >= 15 is 0 Å². The molecule has 0 bridgehead atoms. The van der Waals surface area contributed by atoms with Gasteiger partial charge in [0.15, 0.2) is 0 Å². The van der Waals surface area contributed by atoms with Gasteiger partial charge in [-0.2, -0.15) is 0 Å². The minimum atomic E-state index is 0.0139. The number of nitrogens with one attached hydrogen (secondary N) is 1. The fraction of sp³-hybridized carbons (Fsp3) is 0.800. The van der Waals surface area contributed by atoms with Crippen LogP contribution in [-0.2, 0) is 4.74 Å². The summed E-state index contributed by atoms with van der Waals surface area (Å²) in [6.07, 6.45) is 0.